The van der Waals surface area contributed by atoms with E-state index in [0.717, 1.165) is 33.8 Å². The highest BCUT2D eigenvalue weighted by Gasteiger charge is 2.29. The van der Waals surface area contributed by atoms with Crippen LogP contribution in [0.2, 0.25) is 0 Å². The Hall–Kier alpha value is -3.32. The first-order valence-electron chi connectivity index (χ1n) is 10.4. The molecule has 5 rings (SSSR count). The van der Waals surface area contributed by atoms with E-state index in [9.17, 15) is 9.59 Å². The van der Waals surface area contributed by atoms with Crippen LogP contribution in [0.5, 0.6) is 0 Å². The fourth-order valence-electron chi connectivity index (χ4n) is 4.10. The van der Waals surface area contributed by atoms with Crippen molar-refractivity contribution in [3.8, 4) is 5.69 Å². The van der Waals surface area contributed by atoms with Gasteiger partial charge in [-0.1, -0.05) is 30.3 Å². The number of carbonyl (C=O) groups is 1. The summed E-state index contributed by atoms with van der Waals surface area (Å²) in [4.78, 5) is 32.5. The zero-order valence-corrected chi connectivity index (χ0v) is 18.0. The van der Waals surface area contributed by atoms with Crippen LogP contribution in [0.25, 0.3) is 15.9 Å². The third-order valence-electron chi connectivity index (χ3n) is 5.68. The van der Waals surface area contributed by atoms with Gasteiger partial charge in [-0.2, -0.15) is 5.10 Å². The molecular formula is C24H22N4O2S. The standard InChI is InChI=1S/C24H22N4O2S/c1-16-14-20(29)22(26-28(16)18-9-3-2-4-10-18)24(30)27-13-7-8-17(15-27)23-25-19-11-5-6-12-21(19)31-23/h2-6,9-12,14,17H,7-8,13,15H2,1H3. The summed E-state index contributed by atoms with van der Waals surface area (Å²) in [5, 5.41) is 5.50. The second-order valence-corrected chi connectivity index (χ2v) is 8.92. The molecule has 4 aromatic rings. The lowest BCUT2D eigenvalue weighted by molar-refractivity contribution is 0.0697. The van der Waals surface area contributed by atoms with Crippen molar-refractivity contribution in [1.29, 1.82) is 0 Å². The minimum Gasteiger partial charge on any atom is -0.336 e. The van der Waals surface area contributed by atoms with Gasteiger partial charge in [-0.05, 0) is 44.0 Å². The van der Waals surface area contributed by atoms with Gasteiger partial charge in [-0.3, -0.25) is 9.59 Å². The molecular weight excluding hydrogens is 408 g/mol. The van der Waals surface area contributed by atoms with Gasteiger partial charge in [-0.25, -0.2) is 9.67 Å². The van der Waals surface area contributed by atoms with Crippen LogP contribution in [0.3, 0.4) is 0 Å². The van der Waals surface area contributed by atoms with E-state index in [1.807, 2.05) is 55.5 Å². The first-order valence-corrected chi connectivity index (χ1v) is 11.2. The first-order chi connectivity index (χ1) is 15.1. The van der Waals surface area contributed by atoms with Gasteiger partial charge in [0.15, 0.2) is 5.69 Å². The number of nitrogens with zero attached hydrogens (tertiary/aromatic N) is 4. The van der Waals surface area contributed by atoms with Gasteiger partial charge in [0, 0.05) is 30.8 Å². The zero-order chi connectivity index (χ0) is 21.4. The van der Waals surface area contributed by atoms with Crippen LogP contribution in [0.15, 0.2) is 65.5 Å². The molecule has 1 aliphatic heterocycles. The van der Waals surface area contributed by atoms with Crippen LogP contribution >= 0.6 is 11.3 Å². The lowest BCUT2D eigenvalue weighted by Crippen LogP contribution is -2.42. The lowest BCUT2D eigenvalue weighted by atomic mass is 9.98. The van der Waals surface area contributed by atoms with Crippen molar-refractivity contribution in [3.05, 3.63) is 87.3 Å². The second kappa shape index (κ2) is 8.07. The highest BCUT2D eigenvalue weighted by molar-refractivity contribution is 7.18. The molecule has 0 aliphatic carbocycles. The number of aromatic nitrogens is 3. The fourth-order valence-corrected chi connectivity index (χ4v) is 5.20. The molecule has 1 aliphatic rings. The smallest absolute Gasteiger partial charge is 0.278 e. The molecule has 0 N–H and O–H groups in total. The molecule has 1 saturated heterocycles. The predicted octanol–water partition coefficient (Wildman–Crippen LogP) is 4.17. The summed E-state index contributed by atoms with van der Waals surface area (Å²) in [5.41, 5.74) is 2.15. The van der Waals surface area contributed by atoms with Crippen molar-refractivity contribution in [2.24, 2.45) is 0 Å². The maximum absolute atomic E-state index is 13.3. The minimum absolute atomic E-state index is 0.0283. The van der Waals surface area contributed by atoms with Crippen LogP contribution in [0.1, 0.15) is 39.9 Å². The quantitative estimate of drug-likeness (QED) is 0.489. The van der Waals surface area contributed by atoms with Crippen molar-refractivity contribution in [2.75, 3.05) is 13.1 Å². The van der Waals surface area contributed by atoms with E-state index in [-0.39, 0.29) is 22.9 Å². The van der Waals surface area contributed by atoms with Crippen LogP contribution < -0.4 is 5.43 Å². The number of hydrogen-bond acceptors (Lipinski definition) is 5. The Labute approximate surface area is 183 Å². The maximum Gasteiger partial charge on any atom is 0.278 e. The van der Waals surface area contributed by atoms with Crippen LogP contribution in [0, 0.1) is 6.92 Å². The van der Waals surface area contributed by atoms with Gasteiger partial charge in [0.25, 0.3) is 5.91 Å². The van der Waals surface area contributed by atoms with Crippen molar-refractivity contribution in [1.82, 2.24) is 19.7 Å². The van der Waals surface area contributed by atoms with Crippen molar-refractivity contribution < 1.29 is 4.79 Å². The monoisotopic (exact) mass is 430 g/mol. The molecule has 6 nitrogen and oxygen atoms in total. The Morgan fingerprint density at radius 1 is 1.10 bits per heavy atom. The third-order valence-corrected chi connectivity index (χ3v) is 6.88. The molecule has 1 atom stereocenters. The molecule has 0 bridgehead atoms. The Morgan fingerprint density at radius 2 is 1.87 bits per heavy atom. The molecule has 156 valence electrons. The van der Waals surface area contributed by atoms with Crippen molar-refractivity contribution >= 4 is 27.5 Å². The predicted molar refractivity (Wildman–Crippen MR) is 122 cm³/mol. The van der Waals surface area contributed by atoms with Gasteiger partial charge in [-0.15, -0.1) is 11.3 Å². The van der Waals surface area contributed by atoms with Gasteiger partial charge in [0.1, 0.15) is 0 Å². The van der Waals surface area contributed by atoms with Crippen molar-refractivity contribution in [3.63, 3.8) is 0 Å². The topological polar surface area (TPSA) is 68.1 Å². The Kier molecular flexibility index (Phi) is 5.11. The molecule has 1 unspecified atom stereocenters. The number of likely N-dealkylation sites (tertiary alicyclic amines) is 1. The molecule has 1 fully saturated rings. The summed E-state index contributed by atoms with van der Waals surface area (Å²) in [6, 6.07) is 19.1. The van der Waals surface area contributed by atoms with E-state index in [1.165, 1.54) is 6.07 Å². The van der Waals surface area contributed by atoms with E-state index in [1.54, 1.807) is 20.9 Å². The highest BCUT2D eigenvalue weighted by Crippen LogP contribution is 2.33. The van der Waals surface area contributed by atoms with E-state index in [2.05, 4.69) is 11.2 Å². The van der Waals surface area contributed by atoms with Crippen LogP contribution in [0.4, 0.5) is 0 Å². The van der Waals surface area contributed by atoms with E-state index >= 15 is 0 Å². The number of thiazole rings is 1. The molecule has 31 heavy (non-hydrogen) atoms. The number of aryl methyl sites for hydroxylation is 1. The average molecular weight is 431 g/mol. The molecule has 0 spiro atoms. The molecule has 0 saturated carbocycles. The van der Waals surface area contributed by atoms with Gasteiger partial charge >= 0.3 is 0 Å². The number of para-hydroxylation sites is 2. The second-order valence-electron chi connectivity index (χ2n) is 7.86. The summed E-state index contributed by atoms with van der Waals surface area (Å²) in [7, 11) is 0. The largest absolute Gasteiger partial charge is 0.336 e. The number of piperidine rings is 1. The molecule has 7 heteroatoms. The summed E-state index contributed by atoms with van der Waals surface area (Å²) >= 11 is 1.69. The average Bonchev–Trinajstić information content (AvgIpc) is 3.24. The summed E-state index contributed by atoms with van der Waals surface area (Å²) in [5.74, 6) is -0.127. The Bertz CT molecular complexity index is 1280. The highest BCUT2D eigenvalue weighted by atomic mass is 32.1. The Morgan fingerprint density at radius 3 is 2.68 bits per heavy atom. The summed E-state index contributed by atoms with van der Waals surface area (Å²) in [6.45, 7) is 3.00. The van der Waals surface area contributed by atoms with E-state index in [4.69, 9.17) is 4.98 Å². The Balaban J connectivity index is 1.44. The van der Waals surface area contributed by atoms with Crippen LogP contribution in [-0.2, 0) is 0 Å². The SMILES string of the molecule is Cc1cc(=O)c(C(=O)N2CCCC(c3nc4ccccc4s3)C2)nn1-c1ccccc1. The number of benzene rings is 2. The normalized spacial score (nSPS) is 16.5. The number of carbonyl (C=O) groups excluding carboxylic acids is 1. The molecule has 3 heterocycles. The van der Waals surface area contributed by atoms with Gasteiger partial charge in [0.2, 0.25) is 5.43 Å². The summed E-state index contributed by atoms with van der Waals surface area (Å²) < 4.78 is 2.82. The number of rotatable bonds is 3. The van der Waals surface area contributed by atoms with Gasteiger partial charge < -0.3 is 4.90 Å². The minimum atomic E-state index is -0.336. The maximum atomic E-state index is 13.3. The first kappa shape index (κ1) is 19.6. The molecule has 2 aromatic heterocycles. The molecule has 1 amide bonds. The summed E-state index contributed by atoms with van der Waals surface area (Å²) in [6.07, 6.45) is 1.87. The third kappa shape index (κ3) is 3.77. The van der Waals surface area contributed by atoms with Gasteiger partial charge in [0.05, 0.1) is 20.9 Å². The molecule has 2 aromatic carbocycles. The number of fused-ring (bicyclic) bond motifs is 1. The van der Waals surface area contributed by atoms with Crippen LogP contribution in [-0.4, -0.2) is 38.7 Å². The fraction of sp³-hybridized carbons (Fsp3) is 0.250. The zero-order valence-electron chi connectivity index (χ0n) is 17.2. The molecule has 0 radical (unpaired) electrons. The van der Waals surface area contributed by atoms with E-state index in [0.29, 0.717) is 18.8 Å². The van der Waals surface area contributed by atoms with Crippen molar-refractivity contribution in [2.45, 2.75) is 25.7 Å². The van der Waals surface area contributed by atoms with E-state index < -0.39 is 0 Å². The number of hydrogen-bond donors (Lipinski definition) is 0. The lowest BCUT2D eigenvalue weighted by Gasteiger charge is -2.31. The number of amides is 1.